The zero-order valence-electron chi connectivity index (χ0n) is 8.82. The molecule has 0 aliphatic heterocycles. The van der Waals surface area contributed by atoms with Crippen molar-refractivity contribution in [3.8, 4) is 0 Å². The van der Waals surface area contributed by atoms with Gasteiger partial charge in [0.25, 0.3) is 0 Å². The molecule has 0 bridgehead atoms. The summed E-state index contributed by atoms with van der Waals surface area (Å²) in [5.41, 5.74) is 0.958. The molecule has 2 heteroatoms. The molecule has 0 aliphatic rings. The lowest BCUT2D eigenvalue weighted by atomic mass is 10.00. The Balaban J connectivity index is 2.70. The maximum atomic E-state index is 11.7. The van der Waals surface area contributed by atoms with E-state index in [1.54, 1.807) is 31.2 Å². The molecule has 0 unspecified atom stereocenters. The molecule has 78 valence electrons. The van der Waals surface area contributed by atoms with Crippen LogP contribution in [0.1, 0.15) is 30.1 Å². The first-order chi connectivity index (χ1) is 7.15. The molecule has 1 aromatic carbocycles. The van der Waals surface area contributed by atoms with Crippen molar-refractivity contribution in [2.24, 2.45) is 0 Å². The summed E-state index contributed by atoms with van der Waals surface area (Å²) in [6.45, 7) is 5.43. The Morgan fingerprint density at radius 2 is 1.80 bits per heavy atom. The van der Waals surface area contributed by atoms with Crippen LogP contribution in [0.4, 0.5) is 0 Å². The van der Waals surface area contributed by atoms with Crippen LogP contribution < -0.4 is 0 Å². The second-order valence-electron chi connectivity index (χ2n) is 3.37. The van der Waals surface area contributed by atoms with E-state index in [1.807, 2.05) is 6.07 Å². The lowest BCUT2D eigenvalue weighted by Gasteiger charge is -2.02. The zero-order chi connectivity index (χ0) is 11.3. The predicted octanol–water partition coefficient (Wildman–Crippen LogP) is 2.79. The number of benzene rings is 1. The summed E-state index contributed by atoms with van der Waals surface area (Å²) in [7, 11) is 0. The minimum atomic E-state index is -0.141. The number of ketones is 2. The molecule has 0 saturated heterocycles. The van der Waals surface area contributed by atoms with E-state index < -0.39 is 0 Å². The van der Waals surface area contributed by atoms with Crippen LogP contribution in [-0.2, 0) is 4.79 Å². The Labute approximate surface area is 89.6 Å². The van der Waals surface area contributed by atoms with Gasteiger partial charge < -0.3 is 0 Å². The highest BCUT2D eigenvalue weighted by Gasteiger charge is 2.12. The molecular weight excluding hydrogens is 188 g/mol. The minimum absolute atomic E-state index is 0.0456. The van der Waals surface area contributed by atoms with Crippen molar-refractivity contribution in [3.05, 3.63) is 48.0 Å². The summed E-state index contributed by atoms with van der Waals surface area (Å²) < 4.78 is 0. The van der Waals surface area contributed by atoms with Crippen LogP contribution in [0, 0.1) is 0 Å². The van der Waals surface area contributed by atoms with Gasteiger partial charge in [-0.05, 0) is 0 Å². The van der Waals surface area contributed by atoms with Gasteiger partial charge in [0.1, 0.15) is 5.78 Å². The van der Waals surface area contributed by atoms with E-state index in [1.165, 1.54) is 0 Å². The van der Waals surface area contributed by atoms with Gasteiger partial charge in [-0.15, -0.1) is 0 Å². The standard InChI is InChI=1S/C13H14O2/c1-3-12(14)9-10(2)13(15)11-7-5-4-6-8-11/h4-8H,2-3,9H2,1H3. The van der Waals surface area contributed by atoms with Crippen LogP contribution in [0.5, 0.6) is 0 Å². The second-order valence-corrected chi connectivity index (χ2v) is 3.37. The Morgan fingerprint density at radius 1 is 1.20 bits per heavy atom. The Kier molecular flexibility index (Phi) is 3.98. The Morgan fingerprint density at radius 3 is 2.33 bits per heavy atom. The normalized spacial score (nSPS) is 9.67. The molecule has 0 N–H and O–H groups in total. The molecule has 0 aromatic heterocycles. The zero-order valence-corrected chi connectivity index (χ0v) is 8.82. The molecule has 0 saturated carbocycles. The molecule has 1 aromatic rings. The van der Waals surface area contributed by atoms with Crippen molar-refractivity contribution in [3.63, 3.8) is 0 Å². The lowest BCUT2D eigenvalue weighted by molar-refractivity contribution is -0.118. The molecule has 0 atom stereocenters. The van der Waals surface area contributed by atoms with E-state index in [9.17, 15) is 9.59 Å². The maximum absolute atomic E-state index is 11.7. The molecule has 2 nitrogen and oxygen atoms in total. The van der Waals surface area contributed by atoms with Crippen LogP contribution in [-0.4, -0.2) is 11.6 Å². The molecule has 0 amide bonds. The quantitative estimate of drug-likeness (QED) is 0.543. The predicted molar refractivity (Wildman–Crippen MR) is 59.8 cm³/mol. The van der Waals surface area contributed by atoms with E-state index in [0.29, 0.717) is 17.6 Å². The Bertz CT molecular complexity index is 377. The van der Waals surface area contributed by atoms with E-state index in [2.05, 4.69) is 6.58 Å². The van der Waals surface area contributed by atoms with Crippen molar-refractivity contribution >= 4 is 11.6 Å². The van der Waals surface area contributed by atoms with Crippen LogP contribution >= 0.6 is 0 Å². The number of carbonyl (C=O) groups is 2. The van der Waals surface area contributed by atoms with Gasteiger partial charge in [-0.3, -0.25) is 9.59 Å². The van der Waals surface area contributed by atoms with Crippen LogP contribution in [0.3, 0.4) is 0 Å². The fraction of sp³-hybridized carbons (Fsp3) is 0.231. The number of hydrogen-bond donors (Lipinski definition) is 0. The number of rotatable bonds is 5. The van der Waals surface area contributed by atoms with Gasteiger partial charge in [-0.1, -0.05) is 43.8 Å². The van der Waals surface area contributed by atoms with Gasteiger partial charge in [0.05, 0.1) is 0 Å². The van der Waals surface area contributed by atoms with E-state index >= 15 is 0 Å². The van der Waals surface area contributed by atoms with Gasteiger partial charge >= 0.3 is 0 Å². The van der Waals surface area contributed by atoms with Crippen molar-refractivity contribution < 1.29 is 9.59 Å². The first-order valence-corrected chi connectivity index (χ1v) is 4.94. The summed E-state index contributed by atoms with van der Waals surface area (Å²) in [6, 6.07) is 8.88. The summed E-state index contributed by atoms with van der Waals surface area (Å²) in [5, 5.41) is 0. The summed E-state index contributed by atoms with van der Waals surface area (Å²) in [5.74, 6) is -0.0957. The minimum Gasteiger partial charge on any atom is -0.299 e. The molecule has 0 spiro atoms. The highest BCUT2D eigenvalue weighted by molar-refractivity contribution is 6.10. The number of hydrogen-bond acceptors (Lipinski definition) is 2. The molecule has 0 heterocycles. The van der Waals surface area contributed by atoms with Crippen LogP contribution in [0.25, 0.3) is 0 Å². The van der Waals surface area contributed by atoms with Crippen LogP contribution in [0.2, 0.25) is 0 Å². The smallest absolute Gasteiger partial charge is 0.188 e. The van der Waals surface area contributed by atoms with Gasteiger partial charge in [-0.2, -0.15) is 0 Å². The summed E-state index contributed by atoms with van der Waals surface area (Å²) in [6.07, 6.45) is 0.602. The van der Waals surface area contributed by atoms with Crippen molar-refractivity contribution in [2.75, 3.05) is 0 Å². The molecular formula is C13H14O2. The second kappa shape index (κ2) is 5.25. The first kappa shape index (κ1) is 11.4. The van der Waals surface area contributed by atoms with E-state index in [4.69, 9.17) is 0 Å². The third-order valence-electron chi connectivity index (χ3n) is 2.16. The van der Waals surface area contributed by atoms with Crippen molar-refractivity contribution in [1.29, 1.82) is 0 Å². The number of allylic oxidation sites excluding steroid dienone is 1. The summed E-state index contributed by atoms with van der Waals surface area (Å²) >= 11 is 0. The molecule has 0 aliphatic carbocycles. The largest absolute Gasteiger partial charge is 0.299 e. The molecule has 0 radical (unpaired) electrons. The van der Waals surface area contributed by atoms with E-state index in [0.717, 1.165) is 0 Å². The SMILES string of the molecule is C=C(CC(=O)CC)C(=O)c1ccccc1. The third-order valence-corrected chi connectivity index (χ3v) is 2.16. The average Bonchev–Trinajstić information content (AvgIpc) is 2.29. The van der Waals surface area contributed by atoms with Gasteiger partial charge in [0.15, 0.2) is 5.78 Å². The first-order valence-electron chi connectivity index (χ1n) is 4.94. The van der Waals surface area contributed by atoms with Gasteiger partial charge in [-0.25, -0.2) is 0 Å². The monoisotopic (exact) mass is 202 g/mol. The van der Waals surface area contributed by atoms with E-state index in [-0.39, 0.29) is 18.0 Å². The fourth-order valence-corrected chi connectivity index (χ4v) is 1.24. The maximum Gasteiger partial charge on any atom is 0.188 e. The van der Waals surface area contributed by atoms with Crippen molar-refractivity contribution in [2.45, 2.75) is 19.8 Å². The molecule has 1 rings (SSSR count). The fourth-order valence-electron chi connectivity index (χ4n) is 1.24. The molecule has 15 heavy (non-hydrogen) atoms. The third kappa shape index (κ3) is 3.17. The number of carbonyl (C=O) groups excluding carboxylic acids is 2. The van der Waals surface area contributed by atoms with Gasteiger partial charge in [0.2, 0.25) is 0 Å². The summed E-state index contributed by atoms with van der Waals surface area (Å²) in [4.78, 5) is 22.9. The highest BCUT2D eigenvalue weighted by Crippen LogP contribution is 2.10. The van der Waals surface area contributed by atoms with Gasteiger partial charge in [0, 0.05) is 24.0 Å². The van der Waals surface area contributed by atoms with Crippen LogP contribution in [0.15, 0.2) is 42.5 Å². The highest BCUT2D eigenvalue weighted by atomic mass is 16.1. The van der Waals surface area contributed by atoms with Crippen molar-refractivity contribution in [1.82, 2.24) is 0 Å². The molecule has 0 fully saturated rings. The number of Topliss-reactive ketones (excluding diaryl/α,β-unsaturated/α-hetero) is 2. The lowest BCUT2D eigenvalue weighted by Crippen LogP contribution is -2.07. The average molecular weight is 202 g/mol. The Hall–Kier alpha value is -1.70. The topological polar surface area (TPSA) is 34.1 Å².